The van der Waals surface area contributed by atoms with Crippen molar-refractivity contribution in [1.29, 1.82) is 0 Å². The second kappa shape index (κ2) is 6.10. The topological polar surface area (TPSA) is 90.2 Å². The van der Waals surface area contributed by atoms with Crippen molar-refractivity contribution in [2.45, 2.75) is 13.5 Å². The van der Waals surface area contributed by atoms with Gasteiger partial charge in [0.1, 0.15) is 6.61 Å². The van der Waals surface area contributed by atoms with Crippen LogP contribution >= 0.6 is 11.3 Å². The van der Waals surface area contributed by atoms with E-state index in [9.17, 15) is 10.1 Å². The zero-order chi connectivity index (χ0) is 13.7. The summed E-state index contributed by atoms with van der Waals surface area (Å²) in [7, 11) is 0. The molecule has 0 amide bonds. The second-order valence-electron chi connectivity index (χ2n) is 3.54. The average molecular weight is 280 g/mol. The highest BCUT2D eigenvalue weighted by atomic mass is 32.1. The van der Waals surface area contributed by atoms with Gasteiger partial charge in [-0.3, -0.25) is 10.1 Å². The molecule has 0 radical (unpaired) electrons. The van der Waals surface area contributed by atoms with Crippen LogP contribution in [0.4, 0.5) is 10.8 Å². The van der Waals surface area contributed by atoms with Crippen LogP contribution in [0.15, 0.2) is 24.3 Å². The third-order valence-corrected chi connectivity index (χ3v) is 3.06. The van der Waals surface area contributed by atoms with Crippen molar-refractivity contribution in [2.24, 2.45) is 0 Å². The smallest absolute Gasteiger partial charge is 0.310 e. The van der Waals surface area contributed by atoms with E-state index in [4.69, 9.17) is 4.74 Å². The van der Waals surface area contributed by atoms with Crippen LogP contribution in [0.25, 0.3) is 0 Å². The number of anilines is 1. The van der Waals surface area contributed by atoms with E-state index in [-0.39, 0.29) is 18.0 Å². The fourth-order valence-corrected chi connectivity index (χ4v) is 2.12. The van der Waals surface area contributed by atoms with Gasteiger partial charge in [-0.1, -0.05) is 23.5 Å². The third kappa shape index (κ3) is 3.38. The molecule has 0 aliphatic carbocycles. The molecule has 100 valence electrons. The Bertz CT molecular complexity index is 573. The zero-order valence-electron chi connectivity index (χ0n) is 10.2. The Balaban J connectivity index is 2.03. The fraction of sp³-hybridized carbons (Fsp3) is 0.273. The number of benzene rings is 1. The molecule has 0 spiro atoms. The van der Waals surface area contributed by atoms with E-state index in [2.05, 4.69) is 15.5 Å². The molecule has 8 heteroatoms. The van der Waals surface area contributed by atoms with Crippen molar-refractivity contribution in [3.8, 4) is 5.75 Å². The fourth-order valence-electron chi connectivity index (χ4n) is 1.40. The standard InChI is InChI=1S/C11H12N4O3S/c1-2-12-11-14-13-10(19-11)7-18-9-6-4-3-5-8(9)15(16)17/h3-6H,2,7H2,1H3,(H,12,14). The van der Waals surface area contributed by atoms with E-state index in [1.807, 2.05) is 6.92 Å². The first kappa shape index (κ1) is 13.2. The van der Waals surface area contributed by atoms with Crippen LogP contribution in [-0.2, 0) is 6.61 Å². The minimum Gasteiger partial charge on any atom is -0.479 e. The van der Waals surface area contributed by atoms with Gasteiger partial charge in [0.05, 0.1) is 4.92 Å². The Labute approximate surface area is 113 Å². The lowest BCUT2D eigenvalue weighted by Crippen LogP contribution is -1.98. The Kier molecular flexibility index (Phi) is 4.24. The summed E-state index contributed by atoms with van der Waals surface area (Å²) >= 11 is 1.36. The lowest BCUT2D eigenvalue weighted by Gasteiger charge is -2.03. The van der Waals surface area contributed by atoms with E-state index < -0.39 is 4.92 Å². The van der Waals surface area contributed by atoms with Crippen LogP contribution in [0.1, 0.15) is 11.9 Å². The molecule has 7 nitrogen and oxygen atoms in total. The summed E-state index contributed by atoms with van der Waals surface area (Å²) < 4.78 is 5.41. The first-order chi connectivity index (χ1) is 9.20. The minimum atomic E-state index is -0.473. The Hall–Kier alpha value is -2.22. The maximum absolute atomic E-state index is 10.8. The highest BCUT2D eigenvalue weighted by molar-refractivity contribution is 7.15. The number of nitrogens with zero attached hydrogens (tertiary/aromatic N) is 3. The molecule has 1 N–H and O–H groups in total. The van der Waals surface area contributed by atoms with Gasteiger partial charge >= 0.3 is 5.69 Å². The van der Waals surface area contributed by atoms with Crippen LogP contribution in [0.2, 0.25) is 0 Å². The normalized spacial score (nSPS) is 10.2. The molecular formula is C11H12N4O3S. The molecule has 0 saturated carbocycles. The molecule has 19 heavy (non-hydrogen) atoms. The van der Waals surface area contributed by atoms with Gasteiger partial charge in [-0.15, -0.1) is 10.2 Å². The van der Waals surface area contributed by atoms with Crippen LogP contribution in [0, 0.1) is 10.1 Å². The lowest BCUT2D eigenvalue weighted by atomic mass is 10.3. The largest absolute Gasteiger partial charge is 0.479 e. The molecule has 0 atom stereocenters. The first-order valence-corrected chi connectivity index (χ1v) is 6.45. The number of nitrogens with one attached hydrogen (secondary N) is 1. The molecule has 0 saturated heterocycles. The molecule has 0 fully saturated rings. The number of para-hydroxylation sites is 2. The van der Waals surface area contributed by atoms with Gasteiger partial charge in [0.2, 0.25) is 5.13 Å². The molecule has 0 bridgehead atoms. The first-order valence-electron chi connectivity index (χ1n) is 5.63. The van der Waals surface area contributed by atoms with Crippen LogP contribution < -0.4 is 10.1 Å². The van der Waals surface area contributed by atoms with E-state index in [0.717, 1.165) is 6.54 Å². The summed E-state index contributed by atoms with van der Waals surface area (Å²) in [6.07, 6.45) is 0. The molecule has 2 rings (SSSR count). The van der Waals surface area contributed by atoms with Crippen LogP contribution in [0.3, 0.4) is 0 Å². The number of nitro benzene ring substituents is 1. The monoisotopic (exact) mass is 280 g/mol. The Morgan fingerprint density at radius 3 is 2.95 bits per heavy atom. The molecule has 0 unspecified atom stereocenters. The van der Waals surface area contributed by atoms with Crippen LogP contribution in [0.5, 0.6) is 5.75 Å². The van der Waals surface area contributed by atoms with Crippen molar-refractivity contribution >= 4 is 22.2 Å². The summed E-state index contributed by atoms with van der Waals surface area (Å²) in [6.45, 7) is 2.89. The van der Waals surface area contributed by atoms with Crippen molar-refractivity contribution < 1.29 is 9.66 Å². The summed E-state index contributed by atoms with van der Waals surface area (Å²) in [5, 5.41) is 23.1. The number of aromatic nitrogens is 2. The third-order valence-electron chi connectivity index (χ3n) is 2.21. The maximum Gasteiger partial charge on any atom is 0.310 e. The molecule has 1 aromatic carbocycles. The van der Waals surface area contributed by atoms with E-state index >= 15 is 0 Å². The SMILES string of the molecule is CCNc1nnc(COc2ccccc2[N+](=O)[O-])s1. The number of ether oxygens (including phenoxy) is 1. The zero-order valence-corrected chi connectivity index (χ0v) is 11.0. The molecular weight excluding hydrogens is 268 g/mol. The molecule has 1 aromatic heterocycles. The summed E-state index contributed by atoms with van der Waals surface area (Å²) in [5.41, 5.74) is -0.0566. The predicted octanol–water partition coefficient (Wildman–Crippen LogP) is 2.46. The van der Waals surface area contributed by atoms with E-state index in [1.165, 1.54) is 17.4 Å². The van der Waals surface area contributed by atoms with Crippen LogP contribution in [-0.4, -0.2) is 21.7 Å². The van der Waals surface area contributed by atoms with Crippen molar-refractivity contribution in [3.63, 3.8) is 0 Å². The molecule has 2 aromatic rings. The molecule has 1 heterocycles. The number of nitro groups is 1. The van der Waals surface area contributed by atoms with Crippen molar-refractivity contribution in [2.75, 3.05) is 11.9 Å². The van der Waals surface area contributed by atoms with Gasteiger partial charge in [-0.05, 0) is 13.0 Å². The summed E-state index contributed by atoms with van der Waals surface area (Å²) in [5.74, 6) is 0.229. The lowest BCUT2D eigenvalue weighted by molar-refractivity contribution is -0.385. The van der Waals surface area contributed by atoms with Gasteiger partial charge in [-0.2, -0.15) is 0 Å². The van der Waals surface area contributed by atoms with Gasteiger partial charge in [0.15, 0.2) is 10.8 Å². The van der Waals surface area contributed by atoms with E-state index in [1.54, 1.807) is 18.2 Å². The molecule has 0 aliphatic rings. The van der Waals surface area contributed by atoms with E-state index in [0.29, 0.717) is 10.1 Å². The quantitative estimate of drug-likeness (QED) is 0.645. The highest BCUT2D eigenvalue weighted by Crippen LogP contribution is 2.27. The summed E-state index contributed by atoms with van der Waals surface area (Å²) in [6, 6.07) is 6.25. The highest BCUT2D eigenvalue weighted by Gasteiger charge is 2.14. The predicted molar refractivity (Wildman–Crippen MR) is 71.5 cm³/mol. The molecule has 0 aliphatic heterocycles. The Morgan fingerprint density at radius 1 is 1.42 bits per heavy atom. The number of rotatable bonds is 6. The van der Waals surface area contributed by atoms with Crippen molar-refractivity contribution in [1.82, 2.24) is 10.2 Å². The van der Waals surface area contributed by atoms with Gasteiger partial charge in [0, 0.05) is 12.6 Å². The van der Waals surface area contributed by atoms with Gasteiger partial charge in [0.25, 0.3) is 0 Å². The average Bonchev–Trinajstić information content (AvgIpc) is 2.85. The maximum atomic E-state index is 10.8. The number of hydrogen-bond donors (Lipinski definition) is 1. The summed E-state index contributed by atoms with van der Waals surface area (Å²) in [4.78, 5) is 10.3. The Morgan fingerprint density at radius 2 is 2.21 bits per heavy atom. The second-order valence-corrected chi connectivity index (χ2v) is 4.61. The van der Waals surface area contributed by atoms with Gasteiger partial charge < -0.3 is 10.1 Å². The van der Waals surface area contributed by atoms with Crippen molar-refractivity contribution in [3.05, 3.63) is 39.4 Å². The number of hydrogen-bond acceptors (Lipinski definition) is 7. The van der Waals surface area contributed by atoms with Gasteiger partial charge in [-0.25, -0.2) is 0 Å². The minimum absolute atomic E-state index is 0.0566.